The molecule has 0 radical (unpaired) electrons. The lowest BCUT2D eigenvalue weighted by atomic mass is 10.2. The molecule has 0 fully saturated rings. The van der Waals surface area contributed by atoms with Gasteiger partial charge in [0.05, 0.1) is 5.56 Å². The molecule has 0 atom stereocenters. The average Bonchev–Trinajstić information content (AvgIpc) is 2.72. The molecule has 1 amide bonds. The van der Waals surface area contributed by atoms with Crippen LogP contribution in [0.25, 0.3) is 0 Å². The Morgan fingerprint density at radius 1 is 1.44 bits per heavy atom. The van der Waals surface area contributed by atoms with E-state index >= 15 is 0 Å². The standard InChI is InChI=1S/C12H17NO4S/c1-3-5-17-7-10(14)13-11-9(12(15)16)6-8(4-2)18-11/h6H,3-5,7H2,1-2H3,(H,13,14)(H,15,16). The second kappa shape index (κ2) is 7.13. The first-order chi connectivity index (χ1) is 8.58. The molecule has 0 aromatic carbocycles. The maximum absolute atomic E-state index is 11.5. The predicted octanol–water partition coefficient (Wildman–Crippen LogP) is 2.37. The van der Waals surface area contributed by atoms with Crippen LogP contribution in [0, 0.1) is 0 Å². The fourth-order valence-electron chi connectivity index (χ4n) is 1.34. The first kappa shape index (κ1) is 14.7. The molecular weight excluding hydrogens is 254 g/mol. The Morgan fingerprint density at radius 2 is 2.17 bits per heavy atom. The predicted molar refractivity (Wildman–Crippen MR) is 70.4 cm³/mol. The van der Waals surface area contributed by atoms with E-state index in [1.165, 1.54) is 11.3 Å². The maximum atomic E-state index is 11.5. The molecule has 0 aliphatic heterocycles. The number of amides is 1. The zero-order valence-electron chi connectivity index (χ0n) is 10.5. The van der Waals surface area contributed by atoms with Crippen LogP contribution < -0.4 is 5.32 Å². The number of carboxylic acids is 1. The number of anilines is 1. The molecule has 100 valence electrons. The van der Waals surface area contributed by atoms with Gasteiger partial charge in [-0.2, -0.15) is 0 Å². The Morgan fingerprint density at radius 3 is 2.72 bits per heavy atom. The fraction of sp³-hybridized carbons (Fsp3) is 0.500. The van der Waals surface area contributed by atoms with Crippen molar-refractivity contribution in [3.63, 3.8) is 0 Å². The van der Waals surface area contributed by atoms with Crippen LogP contribution in [0.15, 0.2) is 6.07 Å². The second-order valence-electron chi connectivity index (χ2n) is 3.71. The van der Waals surface area contributed by atoms with Gasteiger partial charge in [-0.05, 0) is 18.9 Å². The van der Waals surface area contributed by atoms with Crippen LogP contribution in [0.1, 0.15) is 35.5 Å². The summed E-state index contributed by atoms with van der Waals surface area (Å²) >= 11 is 1.29. The van der Waals surface area contributed by atoms with Crippen molar-refractivity contribution < 1.29 is 19.4 Å². The number of nitrogens with one attached hydrogen (secondary N) is 1. The highest BCUT2D eigenvalue weighted by Crippen LogP contribution is 2.28. The van der Waals surface area contributed by atoms with Gasteiger partial charge in [-0.25, -0.2) is 4.79 Å². The largest absolute Gasteiger partial charge is 0.478 e. The van der Waals surface area contributed by atoms with Crippen molar-refractivity contribution in [3.05, 3.63) is 16.5 Å². The Bertz CT molecular complexity index is 428. The summed E-state index contributed by atoms with van der Waals surface area (Å²) < 4.78 is 5.10. The molecule has 0 aliphatic rings. The van der Waals surface area contributed by atoms with Gasteiger partial charge in [-0.15, -0.1) is 11.3 Å². The summed E-state index contributed by atoms with van der Waals surface area (Å²) in [5.74, 6) is -1.36. The minimum Gasteiger partial charge on any atom is -0.478 e. The number of aromatic carboxylic acids is 1. The van der Waals surface area contributed by atoms with Gasteiger partial charge in [-0.1, -0.05) is 13.8 Å². The van der Waals surface area contributed by atoms with Crippen LogP contribution in [0.5, 0.6) is 0 Å². The maximum Gasteiger partial charge on any atom is 0.338 e. The van der Waals surface area contributed by atoms with Crippen molar-refractivity contribution in [2.75, 3.05) is 18.5 Å². The van der Waals surface area contributed by atoms with Crippen LogP contribution in [0.4, 0.5) is 5.00 Å². The van der Waals surface area contributed by atoms with E-state index in [1.54, 1.807) is 6.07 Å². The molecule has 2 N–H and O–H groups in total. The van der Waals surface area contributed by atoms with E-state index in [0.717, 1.165) is 17.7 Å². The van der Waals surface area contributed by atoms with Crippen LogP contribution in [-0.4, -0.2) is 30.2 Å². The van der Waals surface area contributed by atoms with Crippen molar-refractivity contribution >= 4 is 28.2 Å². The van der Waals surface area contributed by atoms with E-state index in [9.17, 15) is 9.59 Å². The van der Waals surface area contributed by atoms with Gasteiger partial charge in [0.25, 0.3) is 5.91 Å². The Kier molecular flexibility index (Phi) is 5.80. The number of rotatable bonds is 7. The molecular formula is C12H17NO4S. The van der Waals surface area contributed by atoms with Crippen molar-refractivity contribution in [1.29, 1.82) is 0 Å². The number of carbonyl (C=O) groups is 2. The van der Waals surface area contributed by atoms with Crippen LogP contribution in [0.3, 0.4) is 0 Å². The molecule has 1 heterocycles. The molecule has 0 saturated heterocycles. The van der Waals surface area contributed by atoms with Crippen molar-refractivity contribution in [2.45, 2.75) is 26.7 Å². The van der Waals surface area contributed by atoms with Gasteiger partial charge in [0.1, 0.15) is 11.6 Å². The average molecular weight is 271 g/mol. The summed E-state index contributed by atoms with van der Waals surface area (Å²) in [6.07, 6.45) is 1.58. The molecule has 0 aliphatic carbocycles. The number of carbonyl (C=O) groups excluding carboxylic acids is 1. The third-order valence-corrected chi connectivity index (χ3v) is 3.39. The molecule has 5 nitrogen and oxygen atoms in total. The topological polar surface area (TPSA) is 75.6 Å². The molecule has 1 aromatic rings. The van der Waals surface area contributed by atoms with Crippen LogP contribution in [0.2, 0.25) is 0 Å². The molecule has 0 saturated carbocycles. The molecule has 18 heavy (non-hydrogen) atoms. The number of aryl methyl sites for hydroxylation is 1. The zero-order valence-corrected chi connectivity index (χ0v) is 11.3. The Hall–Kier alpha value is -1.40. The lowest BCUT2D eigenvalue weighted by molar-refractivity contribution is -0.120. The molecule has 1 aromatic heterocycles. The summed E-state index contributed by atoms with van der Waals surface area (Å²) in [5.41, 5.74) is 0.140. The fourth-order valence-corrected chi connectivity index (χ4v) is 2.34. The lowest BCUT2D eigenvalue weighted by Crippen LogP contribution is -2.19. The molecule has 6 heteroatoms. The van der Waals surface area contributed by atoms with E-state index < -0.39 is 5.97 Å². The molecule has 0 spiro atoms. The number of carboxylic acid groups (broad SMARTS) is 1. The summed E-state index contributed by atoms with van der Waals surface area (Å²) in [6, 6.07) is 1.59. The van der Waals surface area contributed by atoms with Crippen LogP contribution in [-0.2, 0) is 16.0 Å². The Labute approximate surface area is 110 Å². The van der Waals surface area contributed by atoms with E-state index in [2.05, 4.69) is 5.32 Å². The highest BCUT2D eigenvalue weighted by Gasteiger charge is 2.16. The van der Waals surface area contributed by atoms with Crippen LogP contribution >= 0.6 is 11.3 Å². The minimum absolute atomic E-state index is 0.0493. The van der Waals surface area contributed by atoms with Gasteiger partial charge < -0.3 is 15.2 Å². The smallest absolute Gasteiger partial charge is 0.338 e. The minimum atomic E-state index is -1.03. The SMILES string of the molecule is CCCOCC(=O)Nc1sc(CC)cc1C(=O)O. The molecule has 0 unspecified atom stereocenters. The van der Waals surface area contributed by atoms with Crippen molar-refractivity contribution in [1.82, 2.24) is 0 Å². The van der Waals surface area contributed by atoms with E-state index in [0.29, 0.717) is 11.6 Å². The van der Waals surface area contributed by atoms with Crippen molar-refractivity contribution in [3.8, 4) is 0 Å². The quantitative estimate of drug-likeness (QED) is 0.746. The summed E-state index contributed by atoms with van der Waals surface area (Å²) in [6.45, 7) is 4.36. The summed E-state index contributed by atoms with van der Waals surface area (Å²) in [5, 5.41) is 12.0. The van der Waals surface area contributed by atoms with Gasteiger partial charge in [0.15, 0.2) is 0 Å². The second-order valence-corrected chi connectivity index (χ2v) is 4.85. The monoisotopic (exact) mass is 271 g/mol. The highest BCUT2D eigenvalue weighted by atomic mass is 32.1. The van der Waals surface area contributed by atoms with E-state index in [1.807, 2.05) is 13.8 Å². The number of thiophene rings is 1. The first-order valence-corrected chi connectivity index (χ1v) is 6.63. The highest BCUT2D eigenvalue weighted by molar-refractivity contribution is 7.16. The van der Waals surface area contributed by atoms with Gasteiger partial charge in [0.2, 0.25) is 0 Å². The van der Waals surface area contributed by atoms with Gasteiger partial charge >= 0.3 is 5.97 Å². The summed E-state index contributed by atoms with van der Waals surface area (Å²) in [4.78, 5) is 23.5. The van der Waals surface area contributed by atoms with Crippen molar-refractivity contribution in [2.24, 2.45) is 0 Å². The van der Waals surface area contributed by atoms with E-state index in [4.69, 9.17) is 9.84 Å². The van der Waals surface area contributed by atoms with E-state index in [-0.39, 0.29) is 18.1 Å². The molecule has 0 bridgehead atoms. The number of hydrogen-bond acceptors (Lipinski definition) is 4. The Balaban J connectivity index is 2.67. The third kappa shape index (κ3) is 4.12. The molecule has 1 rings (SSSR count). The number of ether oxygens (including phenoxy) is 1. The first-order valence-electron chi connectivity index (χ1n) is 5.82. The zero-order chi connectivity index (χ0) is 13.5. The normalized spacial score (nSPS) is 10.3. The summed E-state index contributed by atoms with van der Waals surface area (Å²) in [7, 11) is 0. The lowest BCUT2D eigenvalue weighted by Gasteiger charge is -2.04. The van der Waals surface area contributed by atoms with Gasteiger partial charge in [-0.3, -0.25) is 4.79 Å². The third-order valence-electron chi connectivity index (χ3n) is 2.20. The van der Waals surface area contributed by atoms with Gasteiger partial charge in [0, 0.05) is 11.5 Å². The number of hydrogen-bond donors (Lipinski definition) is 2.